The van der Waals surface area contributed by atoms with Crippen molar-refractivity contribution in [3.63, 3.8) is 0 Å². The average molecular weight is 406 g/mol. The molecule has 0 aliphatic carbocycles. The van der Waals surface area contributed by atoms with Crippen molar-refractivity contribution in [3.05, 3.63) is 48.2 Å². The molecule has 0 radical (unpaired) electrons. The fourth-order valence-corrected chi connectivity index (χ4v) is 3.82. The number of hydrogen-bond acceptors (Lipinski definition) is 6. The van der Waals surface area contributed by atoms with Crippen molar-refractivity contribution >= 4 is 22.7 Å². The Hall–Kier alpha value is -3.35. The second kappa shape index (κ2) is 8.18. The third-order valence-corrected chi connectivity index (χ3v) is 5.16. The Kier molecular flexibility index (Phi) is 5.44. The number of aromatic nitrogens is 2. The lowest BCUT2D eigenvalue weighted by atomic mass is 10.1. The van der Waals surface area contributed by atoms with E-state index in [4.69, 9.17) is 9.72 Å². The van der Waals surface area contributed by atoms with Crippen molar-refractivity contribution in [2.24, 2.45) is 0 Å². The molecule has 2 aromatic carbocycles. The summed E-state index contributed by atoms with van der Waals surface area (Å²) in [5, 5.41) is 14.0. The average Bonchev–Trinajstić information content (AvgIpc) is 3.14. The van der Waals surface area contributed by atoms with Crippen molar-refractivity contribution in [2.45, 2.75) is 39.3 Å². The summed E-state index contributed by atoms with van der Waals surface area (Å²) in [5.74, 6) is 0.654. The molecule has 1 aliphatic heterocycles. The molecule has 2 heterocycles. The first-order chi connectivity index (χ1) is 14.4. The summed E-state index contributed by atoms with van der Waals surface area (Å²) in [6.45, 7) is 7.24. The summed E-state index contributed by atoms with van der Waals surface area (Å²) < 4.78 is 5.20. The lowest BCUT2D eigenvalue weighted by Gasteiger charge is -2.22. The SMILES string of the molecule is Cc1cc(N2CC[C@@H](NC(=O)OC(C)C)C2)c2cnc(-c3ccccc3O)nc2c1. The molecule has 1 amide bonds. The minimum Gasteiger partial charge on any atom is -0.507 e. The van der Waals surface area contributed by atoms with Crippen LogP contribution in [0.3, 0.4) is 0 Å². The number of ether oxygens (including phenoxy) is 1. The number of phenolic OH excluding ortho intramolecular Hbond substituents is 1. The molecule has 0 bridgehead atoms. The van der Waals surface area contributed by atoms with E-state index in [-0.39, 0.29) is 24.0 Å². The molecule has 2 N–H and O–H groups in total. The number of amides is 1. The number of aromatic hydroxyl groups is 1. The second-order valence-corrected chi connectivity index (χ2v) is 7.96. The van der Waals surface area contributed by atoms with Crippen molar-refractivity contribution in [3.8, 4) is 17.1 Å². The van der Waals surface area contributed by atoms with Crippen LogP contribution in [0.2, 0.25) is 0 Å². The first-order valence-corrected chi connectivity index (χ1v) is 10.2. The van der Waals surface area contributed by atoms with E-state index in [1.807, 2.05) is 39.1 Å². The predicted molar refractivity (Wildman–Crippen MR) is 117 cm³/mol. The number of carbonyl (C=O) groups excluding carboxylic acids is 1. The first kappa shape index (κ1) is 19.9. The van der Waals surface area contributed by atoms with Crippen LogP contribution in [0.1, 0.15) is 25.8 Å². The Morgan fingerprint density at radius 1 is 1.30 bits per heavy atom. The minimum atomic E-state index is -0.374. The molecule has 7 nitrogen and oxygen atoms in total. The summed E-state index contributed by atoms with van der Waals surface area (Å²) in [4.78, 5) is 23.4. The van der Waals surface area contributed by atoms with Gasteiger partial charge in [-0.2, -0.15) is 0 Å². The predicted octanol–water partition coefficient (Wildman–Crippen LogP) is 4.02. The molecule has 1 aliphatic rings. The van der Waals surface area contributed by atoms with Crippen LogP contribution in [0.25, 0.3) is 22.3 Å². The van der Waals surface area contributed by atoms with Crippen LogP contribution in [-0.4, -0.2) is 46.4 Å². The van der Waals surface area contributed by atoms with Crippen molar-refractivity contribution in [2.75, 3.05) is 18.0 Å². The van der Waals surface area contributed by atoms with Gasteiger partial charge in [-0.25, -0.2) is 14.8 Å². The maximum atomic E-state index is 11.9. The number of anilines is 1. The highest BCUT2D eigenvalue weighted by Crippen LogP contribution is 2.32. The molecule has 156 valence electrons. The Labute approximate surface area is 175 Å². The molecule has 1 atom stereocenters. The van der Waals surface area contributed by atoms with Crippen LogP contribution in [0.4, 0.5) is 10.5 Å². The van der Waals surface area contributed by atoms with E-state index >= 15 is 0 Å². The first-order valence-electron chi connectivity index (χ1n) is 10.2. The molecule has 0 saturated carbocycles. The van der Waals surface area contributed by atoms with Crippen molar-refractivity contribution in [1.29, 1.82) is 0 Å². The van der Waals surface area contributed by atoms with Crippen LogP contribution < -0.4 is 10.2 Å². The summed E-state index contributed by atoms with van der Waals surface area (Å²) in [6, 6.07) is 11.2. The maximum Gasteiger partial charge on any atom is 0.407 e. The molecule has 3 aromatic rings. The highest BCUT2D eigenvalue weighted by atomic mass is 16.6. The number of carbonyl (C=O) groups is 1. The fraction of sp³-hybridized carbons (Fsp3) is 0.348. The number of phenols is 1. The van der Waals surface area contributed by atoms with Gasteiger partial charge in [-0.1, -0.05) is 12.1 Å². The van der Waals surface area contributed by atoms with Crippen LogP contribution in [0, 0.1) is 6.92 Å². The topological polar surface area (TPSA) is 87.6 Å². The molecule has 30 heavy (non-hydrogen) atoms. The lowest BCUT2D eigenvalue weighted by molar-refractivity contribution is 0.113. The molecular formula is C23H26N4O3. The number of nitrogens with zero attached hydrogens (tertiary/aromatic N) is 3. The van der Waals surface area contributed by atoms with Gasteiger partial charge in [0.15, 0.2) is 5.82 Å². The van der Waals surface area contributed by atoms with E-state index in [0.29, 0.717) is 17.9 Å². The van der Waals surface area contributed by atoms with E-state index in [1.165, 1.54) is 0 Å². The van der Waals surface area contributed by atoms with Crippen LogP contribution >= 0.6 is 0 Å². The quantitative estimate of drug-likeness (QED) is 0.680. The van der Waals surface area contributed by atoms with Gasteiger partial charge >= 0.3 is 6.09 Å². The monoisotopic (exact) mass is 406 g/mol. The van der Waals surface area contributed by atoms with E-state index in [9.17, 15) is 9.90 Å². The lowest BCUT2D eigenvalue weighted by Crippen LogP contribution is -2.38. The van der Waals surface area contributed by atoms with Crippen LogP contribution in [0.15, 0.2) is 42.6 Å². The van der Waals surface area contributed by atoms with Crippen LogP contribution in [0.5, 0.6) is 5.75 Å². The van der Waals surface area contributed by atoms with Gasteiger partial charge in [0.25, 0.3) is 0 Å². The number of alkyl carbamates (subject to hydrolysis) is 1. The summed E-state index contributed by atoms with van der Waals surface area (Å²) in [6.07, 6.45) is 2.15. The van der Waals surface area contributed by atoms with Gasteiger partial charge < -0.3 is 20.1 Å². The maximum absolute atomic E-state index is 11.9. The highest BCUT2D eigenvalue weighted by molar-refractivity contribution is 5.93. The van der Waals surface area contributed by atoms with Crippen LogP contribution in [-0.2, 0) is 4.74 Å². The fourth-order valence-electron chi connectivity index (χ4n) is 3.82. The number of benzene rings is 2. The number of hydrogen-bond donors (Lipinski definition) is 2. The smallest absolute Gasteiger partial charge is 0.407 e. The molecule has 4 rings (SSSR count). The summed E-state index contributed by atoms with van der Waals surface area (Å²) in [7, 11) is 0. The number of nitrogens with one attached hydrogen (secondary N) is 1. The third kappa shape index (κ3) is 4.15. The van der Waals surface area contributed by atoms with E-state index < -0.39 is 0 Å². The normalized spacial score (nSPS) is 16.3. The zero-order valence-electron chi connectivity index (χ0n) is 17.4. The molecule has 0 unspecified atom stereocenters. The van der Waals surface area contributed by atoms with Crippen molar-refractivity contribution in [1.82, 2.24) is 15.3 Å². The number of fused-ring (bicyclic) bond motifs is 1. The second-order valence-electron chi connectivity index (χ2n) is 7.96. The molecule has 1 aromatic heterocycles. The molecule has 1 fully saturated rings. The van der Waals surface area contributed by atoms with Gasteiger partial charge in [0, 0.05) is 30.4 Å². The Morgan fingerprint density at radius 3 is 2.87 bits per heavy atom. The Bertz CT molecular complexity index is 1080. The van der Waals surface area contributed by atoms with Gasteiger partial charge in [0.2, 0.25) is 0 Å². The number of para-hydroxylation sites is 1. The summed E-state index contributed by atoms with van der Waals surface area (Å²) >= 11 is 0. The Balaban J connectivity index is 1.61. The number of aryl methyl sites for hydroxylation is 1. The van der Waals surface area contributed by atoms with Gasteiger partial charge in [-0.15, -0.1) is 0 Å². The summed E-state index contributed by atoms with van der Waals surface area (Å²) in [5.41, 5.74) is 3.58. The standard InChI is InChI=1S/C23H26N4O3/c1-14(2)30-23(29)25-16-8-9-27(13-16)20-11-15(3)10-19-18(20)12-24-22(26-19)17-6-4-5-7-21(17)28/h4-7,10-12,14,16,28H,8-9,13H2,1-3H3,(H,25,29)/t16-/m1/s1. The molecule has 7 heteroatoms. The van der Waals surface area contributed by atoms with E-state index in [0.717, 1.165) is 35.1 Å². The Morgan fingerprint density at radius 2 is 2.10 bits per heavy atom. The molecule has 0 spiro atoms. The van der Waals surface area contributed by atoms with Gasteiger partial charge in [-0.3, -0.25) is 0 Å². The third-order valence-electron chi connectivity index (χ3n) is 5.16. The van der Waals surface area contributed by atoms with E-state index in [2.05, 4.69) is 21.3 Å². The van der Waals surface area contributed by atoms with E-state index in [1.54, 1.807) is 18.2 Å². The zero-order valence-corrected chi connectivity index (χ0v) is 17.4. The van der Waals surface area contributed by atoms with Gasteiger partial charge in [0.1, 0.15) is 5.75 Å². The van der Waals surface area contributed by atoms with Crippen molar-refractivity contribution < 1.29 is 14.6 Å². The zero-order chi connectivity index (χ0) is 21.3. The number of rotatable bonds is 4. The highest BCUT2D eigenvalue weighted by Gasteiger charge is 2.26. The van der Waals surface area contributed by atoms with Gasteiger partial charge in [0.05, 0.1) is 23.2 Å². The molecule has 1 saturated heterocycles. The molecular weight excluding hydrogens is 380 g/mol. The van der Waals surface area contributed by atoms with Gasteiger partial charge in [-0.05, 0) is 57.0 Å². The largest absolute Gasteiger partial charge is 0.507 e. The minimum absolute atomic E-state index is 0.0354.